The molecular weight excluding hydrogens is 535 g/mol. The van der Waals surface area contributed by atoms with Crippen molar-refractivity contribution in [1.82, 2.24) is 9.63 Å². The summed E-state index contributed by atoms with van der Waals surface area (Å²) in [5, 5.41) is -0.826. The number of hydroxylamine groups is 2. The van der Waals surface area contributed by atoms with Gasteiger partial charge in [0.25, 0.3) is 11.8 Å². The number of benzene rings is 2. The van der Waals surface area contributed by atoms with Gasteiger partial charge in [0, 0.05) is 39.7 Å². The van der Waals surface area contributed by atoms with Crippen LogP contribution in [0.1, 0.15) is 23.0 Å². The van der Waals surface area contributed by atoms with Crippen molar-refractivity contribution in [2.75, 3.05) is 5.75 Å². The summed E-state index contributed by atoms with van der Waals surface area (Å²) in [7, 11) is -2.98. The second kappa shape index (κ2) is 10.5. The van der Waals surface area contributed by atoms with Gasteiger partial charge in [-0.2, -0.15) is 0 Å². The van der Waals surface area contributed by atoms with Crippen molar-refractivity contribution >= 4 is 62.3 Å². The van der Waals surface area contributed by atoms with E-state index in [1.54, 1.807) is 11.8 Å². The Morgan fingerprint density at radius 1 is 1.17 bits per heavy atom. The van der Waals surface area contributed by atoms with Gasteiger partial charge in [-0.05, 0) is 12.1 Å². The van der Waals surface area contributed by atoms with Crippen LogP contribution in [0, 0.1) is 0 Å². The quantitative estimate of drug-likeness (QED) is 0.239. The third-order valence-corrected chi connectivity index (χ3v) is 9.74. The zero-order valence-electron chi connectivity index (χ0n) is 19.4. The summed E-state index contributed by atoms with van der Waals surface area (Å²) >= 11 is 3.23. The van der Waals surface area contributed by atoms with Gasteiger partial charge in [-0.15, -0.1) is 28.6 Å². The molecule has 3 aromatic rings. The number of hydrogen-bond acceptors (Lipinski definition) is 9. The van der Waals surface area contributed by atoms with E-state index in [0.29, 0.717) is 5.75 Å². The molecule has 3 heterocycles. The van der Waals surface area contributed by atoms with Crippen molar-refractivity contribution < 1.29 is 61.7 Å². The molecule has 1 saturated heterocycles. The Hall–Kier alpha value is -1.80. The second-order valence-electron chi connectivity index (χ2n) is 8.08. The standard InChI is InChI=1S/C23H20N2O7S3.Na/c1-24-15-8-4-2-6-13(15)20-21(24)14-7-3-5-9-16(14)34-23(20)33-11-10-19(27)32-25-18(26)12-17(22(25)28)35(29,30)31;/h2-9,17,23H,10-12H2,1H3,(H,29,30,31);/q;+1/p-1. The van der Waals surface area contributed by atoms with E-state index in [0.717, 1.165) is 27.1 Å². The van der Waals surface area contributed by atoms with Gasteiger partial charge in [0.15, 0.2) is 0 Å². The van der Waals surface area contributed by atoms with Crippen molar-refractivity contribution in [3.05, 3.63) is 54.1 Å². The smallest absolute Gasteiger partial charge is 0.747 e. The van der Waals surface area contributed by atoms with Gasteiger partial charge in [-0.25, -0.2) is 13.2 Å². The number of thioether (sulfide) groups is 2. The molecule has 5 rings (SSSR count). The Balaban J connectivity index is 0.00000304. The molecule has 2 atom stereocenters. The van der Waals surface area contributed by atoms with Crippen LogP contribution < -0.4 is 29.6 Å². The van der Waals surface area contributed by atoms with E-state index in [-0.39, 0.29) is 45.6 Å². The molecule has 2 amide bonds. The fraction of sp³-hybridized carbons (Fsp3) is 0.261. The van der Waals surface area contributed by atoms with Crippen molar-refractivity contribution in [3.63, 3.8) is 0 Å². The van der Waals surface area contributed by atoms with Crippen LogP contribution in [0.3, 0.4) is 0 Å². The average molecular weight is 555 g/mol. The number of carbonyl (C=O) groups is 3. The zero-order chi connectivity index (χ0) is 24.9. The summed E-state index contributed by atoms with van der Waals surface area (Å²) in [5.41, 5.74) is 4.54. The molecule has 0 N–H and O–H groups in total. The normalized spacial score (nSPS) is 19.1. The first-order valence-electron chi connectivity index (χ1n) is 10.6. The van der Waals surface area contributed by atoms with E-state index >= 15 is 0 Å². The van der Waals surface area contributed by atoms with Crippen LogP contribution in [0.5, 0.6) is 0 Å². The van der Waals surface area contributed by atoms with Crippen molar-refractivity contribution in [1.29, 1.82) is 0 Å². The largest absolute Gasteiger partial charge is 1.00 e. The van der Waals surface area contributed by atoms with E-state index in [1.165, 1.54) is 17.3 Å². The van der Waals surface area contributed by atoms with E-state index in [4.69, 9.17) is 4.84 Å². The van der Waals surface area contributed by atoms with Crippen LogP contribution >= 0.6 is 23.5 Å². The molecule has 182 valence electrons. The Labute approximate surface area is 237 Å². The molecule has 13 heteroatoms. The monoisotopic (exact) mass is 554 g/mol. The summed E-state index contributed by atoms with van der Waals surface area (Å²) in [4.78, 5) is 42.2. The fourth-order valence-corrected chi connectivity index (χ4v) is 7.85. The van der Waals surface area contributed by atoms with Gasteiger partial charge in [0.1, 0.15) is 15.4 Å². The van der Waals surface area contributed by atoms with Gasteiger partial charge in [-0.3, -0.25) is 9.59 Å². The average Bonchev–Trinajstić information content (AvgIpc) is 3.28. The first kappa shape index (κ1) is 27.2. The third-order valence-electron chi connectivity index (χ3n) is 5.94. The minimum absolute atomic E-state index is 0. The van der Waals surface area contributed by atoms with E-state index in [1.807, 2.05) is 31.3 Å². The summed E-state index contributed by atoms with van der Waals surface area (Å²) in [6, 6.07) is 16.3. The molecule has 0 radical (unpaired) electrons. The molecule has 0 bridgehead atoms. The van der Waals surface area contributed by atoms with E-state index in [9.17, 15) is 27.4 Å². The number of aryl methyl sites for hydroxylation is 1. The molecule has 0 spiro atoms. The number of fused-ring (bicyclic) bond motifs is 5. The summed E-state index contributed by atoms with van der Waals surface area (Å²) in [6.07, 6.45) is -0.940. The number of imide groups is 1. The number of para-hydroxylation sites is 1. The molecule has 1 fully saturated rings. The molecule has 9 nitrogen and oxygen atoms in total. The predicted octanol–water partition coefficient (Wildman–Crippen LogP) is 0.208. The molecule has 2 aliphatic rings. The number of nitrogens with zero attached hydrogens (tertiary/aromatic N) is 2. The predicted molar refractivity (Wildman–Crippen MR) is 130 cm³/mol. The fourth-order valence-electron chi connectivity index (χ4n) is 4.34. The molecule has 36 heavy (non-hydrogen) atoms. The Kier molecular flexibility index (Phi) is 7.96. The van der Waals surface area contributed by atoms with Crippen LogP contribution in [-0.4, -0.2) is 51.4 Å². The van der Waals surface area contributed by atoms with Crippen molar-refractivity contribution in [3.8, 4) is 11.3 Å². The topological polar surface area (TPSA) is 126 Å². The van der Waals surface area contributed by atoms with Crippen LogP contribution in [0.2, 0.25) is 0 Å². The number of aromatic nitrogens is 1. The van der Waals surface area contributed by atoms with Crippen LogP contribution in [-0.2, 0) is 36.4 Å². The molecule has 1 aromatic heterocycles. The summed E-state index contributed by atoms with van der Waals surface area (Å²) < 4.78 is 35.6. The van der Waals surface area contributed by atoms with Gasteiger partial charge in [-0.1, -0.05) is 36.4 Å². The molecule has 2 aromatic carbocycles. The molecule has 0 aliphatic carbocycles. The zero-order valence-corrected chi connectivity index (χ0v) is 23.8. The number of carbonyl (C=O) groups excluding carboxylic acids is 3. The van der Waals surface area contributed by atoms with Gasteiger partial charge < -0.3 is 14.0 Å². The second-order valence-corrected chi connectivity index (χ2v) is 12.3. The number of amides is 2. The SMILES string of the molecule is Cn1c2c(c3ccccc31)C(SCCC(=O)ON1C(=O)CC(S(=O)(=O)[O-])C1=O)Sc1ccccc1-2.[Na+]. The Morgan fingerprint density at radius 3 is 2.58 bits per heavy atom. The maximum Gasteiger partial charge on any atom is 1.00 e. The van der Waals surface area contributed by atoms with E-state index in [2.05, 4.69) is 28.8 Å². The summed E-state index contributed by atoms with van der Waals surface area (Å²) in [6.45, 7) is 0. The molecule has 2 aliphatic heterocycles. The number of rotatable bonds is 6. The van der Waals surface area contributed by atoms with Crippen LogP contribution in [0.4, 0.5) is 0 Å². The first-order chi connectivity index (χ1) is 16.7. The summed E-state index contributed by atoms with van der Waals surface area (Å²) in [5.74, 6) is -2.88. The third kappa shape index (κ3) is 4.87. The minimum Gasteiger partial charge on any atom is -0.747 e. The Bertz CT molecular complexity index is 1490. The van der Waals surface area contributed by atoms with Crippen LogP contribution in [0.15, 0.2) is 53.4 Å². The number of hydrogen-bond donors (Lipinski definition) is 0. The molecule has 2 unspecified atom stereocenters. The minimum atomic E-state index is -5.02. The van der Waals surface area contributed by atoms with Gasteiger partial charge in [0.05, 0.1) is 23.1 Å². The first-order valence-corrected chi connectivity index (χ1v) is 14.0. The van der Waals surface area contributed by atoms with Gasteiger partial charge >= 0.3 is 35.5 Å². The van der Waals surface area contributed by atoms with Crippen LogP contribution in [0.25, 0.3) is 22.2 Å². The molecular formula is C23H19N2NaO7S3. The Morgan fingerprint density at radius 2 is 1.86 bits per heavy atom. The maximum absolute atomic E-state index is 12.3. The van der Waals surface area contributed by atoms with E-state index < -0.39 is 39.6 Å². The van der Waals surface area contributed by atoms with Crippen molar-refractivity contribution in [2.24, 2.45) is 7.05 Å². The van der Waals surface area contributed by atoms with Gasteiger partial charge in [0.2, 0.25) is 0 Å². The van der Waals surface area contributed by atoms with Crippen molar-refractivity contribution in [2.45, 2.75) is 27.6 Å². The molecule has 0 saturated carbocycles. The maximum atomic E-state index is 12.3.